The molecule has 18 nitrogen and oxygen atoms in total. The Hall–Kier alpha value is -0.170. The van der Waals surface area contributed by atoms with Crippen LogP contribution in [-0.2, 0) is 41.5 Å². The van der Waals surface area contributed by atoms with Gasteiger partial charge in [0.2, 0.25) is 0 Å². The zero-order chi connectivity index (χ0) is 34.7. The van der Waals surface area contributed by atoms with Gasteiger partial charge >= 0.3 is 22.8 Å². The summed E-state index contributed by atoms with van der Waals surface area (Å²) in [5.41, 5.74) is 0. The number of rotatable bonds is 21. The molecule has 0 radical (unpaired) electrons. The van der Waals surface area contributed by atoms with E-state index in [1.165, 1.54) is 0 Å². The van der Waals surface area contributed by atoms with Gasteiger partial charge in [-0.25, -0.2) is 0 Å². The van der Waals surface area contributed by atoms with Crippen LogP contribution in [0.25, 0.3) is 0 Å². The zero-order valence-corrected chi connectivity index (χ0v) is 28.3. The fraction of sp³-hybridized carbons (Fsp3) is 0.920. The van der Waals surface area contributed by atoms with E-state index in [4.69, 9.17) is 23.3 Å². The molecule has 13 atom stereocenters. The van der Waals surface area contributed by atoms with Crippen molar-refractivity contribution in [1.29, 1.82) is 0 Å². The number of hydrogen-bond donors (Lipinski definition) is 9. The van der Waals surface area contributed by atoms with E-state index in [1.54, 1.807) is 0 Å². The predicted molar refractivity (Wildman–Crippen MR) is 160 cm³/mol. The Kier molecular flexibility index (Phi) is 17.6. The molecule has 9 N–H and O–H groups in total. The van der Waals surface area contributed by atoms with Crippen LogP contribution in [0.3, 0.4) is 0 Å². The second-order valence-corrected chi connectivity index (χ2v) is 17.4. The molecule has 0 aromatic heterocycles. The first-order valence-corrected chi connectivity index (χ1v) is 20.1. The molecule has 2 aliphatic rings. The summed E-state index contributed by atoms with van der Waals surface area (Å²) in [5, 5.41) is 62.5. The van der Waals surface area contributed by atoms with Crippen LogP contribution < -0.4 is 0 Å². The van der Waals surface area contributed by atoms with Crippen LogP contribution in [0, 0.1) is 0 Å². The molecule has 272 valence electrons. The van der Waals surface area contributed by atoms with Crippen molar-refractivity contribution in [3.8, 4) is 0 Å². The van der Waals surface area contributed by atoms with E-state index >= 15 is 0 Å². The van der Waals surface area contributed by atoms with Crippen molar-refractivity contribution in [3.05, 3.63) is 12.7 Å². The summed E-state index contributed by atoms with van der Waals surface area (Å²) >= 11 is 0. The summed E-state index contributed by atoms with van der Waals surface area (Å²) in [6, 6.07) is 0. The highest BCUT2D eigenvalue weighted by molar-refractivity contribution is 7.70. The van der Waals surface area contributed by atoms with Crippen LogP contribution in [0.15, 0.2) is 12.7 Å². The van der Waals surface area contributed by atoms with Crippen LogP contribution in [0.2, 0.25) is 0 Å². The normalized spacial score (nSPS) is 36.0. The van der Waals surface area contributed by atoms with Gasteiger partial charge in [0.1, 0.15) is 48.8 Å². The Morgan fingerprint density at radius 2 is 1.33 bits per heavy atom. The largest absolute Gasteiger partial charge is 0.394 e. The lowest BCUT2D eigenvalue weighted by Gasteiger charge is -2.46. The minimum atomic E-state index is -4.78. The SMILES string of the molecule is C=CCCCCCCCCOP(=O)(O)C[C@H]1O[C@H](CO)[C@@H](O[C@@H]2O[C@H](COP(=O)(O)CP(=O)(O)OC)[C@H](O)[C@H](O)[C@H]2O)[C@H](O)[C@@H]1O. The molecule has 2 fully saturated rings. The molecular formula is C25H49O18P3. The van der Waals surface area contributed by atoms with Crippen molar-refractivity contribution >= 4 is 22.8 Å². The maximum atomic E-state index is 12.7. The number of ether oxygens (including phenoxy) is 3. The summed E-state index contributed by atoms with van der Waals surface area (Å²) in [7, 11) is -12.7. The molecule has 46 heavy (non-hydrogen) atoms. The molecule has 0 aromatic carbocycles. The molecular weight excluding hydrogens is 681 g/mol. The summed E-state index contributed by atoms with van der Waals surface area (Å²) in [6.45, 7) is 1.87. The second kappa shape index (κ2) is 19.3. The lowest BCUT2D eigenvalue weighted by atomic mass is 9.95. The van der Waals surface area contributed by atoms with Crippen molar-refractivity contribution in [2.45, 2.75) is 106 Å². The van der Waals surface area contributed by atoms with E-state index < -0.39 is 109 Å². The van der Waals surface area contributed by atoms with E-state index in [0.29, 0.717) is 6.42 Å². The fourth-order valence-electron chi connectivity index (χ4n) is 4.90. The van der Waals surface area contributed by atoms with Crippen molar-refractivity contribution in [2.24, 2.45) is 0 Å². The molecule has 0 spiro atoms. The average molecular weight is 731 g/mol. The Labute approximate surface area is 267 Å². The van der Waals surface area contributed by atoms with E-state index in [9.17, 15) is 59.0 Å². The summed E-state index contributed by atoms with van der Waals surface area (Å²) in [4.78, 5) is 29.7. The van der Waals surface area contributed by atoms with Gasteiger partial charge in [-0.15, -0.1) is 6.58 Å². The molecule has 0 bridgehead atoms. The first-order valence-electron chi connectivity index (χ1n) is 14.9. The third kappa shape index (κ3) is 13.3. The van der Waals surface area contributed by atoms with Crippen LogP contribution in [0.5, 0.6) is 0 Å². The Bertz CT molecular complexity index is 1060. The molecule has 0 aromatic rings. The van der Waals surface area contributed by atoms with Crippen molar-refractivity contribution in [3.63, 3.8) is 0 Å². The van der Waals surface area contributed by atoms with Gasteiger partial charge in [-0.2, -0.15) is 0 Å². The number of aliphatic hydroxyl groups is 6. The molecule has 0 aliphatic carbocycles. The minimum absolute atomic E-state index is 0.0195. The molecule has 2 rings (SSSR count). The van der Waals surface area contributed by atoms with Crippen molar-refractivity contribution in [1.82, 2.24) is 0 Å². The molecule has 21 heteroatoms. The highest BCUT2D eigenvalue weighted by Crippen LogP contribution is 2.58. The third-order valence-electron chi connectivity index (χ3n) is 7.51. The highest BCUT2D eigenvalue weighted by Gasteiger charge is 2.51. The lowest BCUT2D eigenvalue weighted by molar-refractivity contribution is -0.340. The van der Waals surface area contributed by atoms with Crippen molar-refractivity contribution in [2.75, 3.05) is 39.0 Å². The molecule has 3 unspecified atom stereocenters. The van der Waals surface area contributed by atoms with E-state index in [1.807, 2.05) is 6.08 Å². The predicted octanol–water partition coefficient (Wildman–Crippen LogP) is -0.229. The van der Waals surface area contributed by atoms with Gasteiger partial charge in [0.05, 0.1) is 32.1 Å². The van der Waals surface area contributed by atoms with Crippen LogP contribution >= 0.6 is 22.8 Å². The molecule has 0 amide bonds. The number of hydrogen-bond acceptors (Lipinski definition) is 15. The van der Waals surface area contributed by atoms with Gasteiger partial charge in [0.25, 0.3) is 0 Å². The first-order chi connectivity index (χ1) is 21.5. The van der Waals surface area contributed by atoms with E-state index in [-0.39, 0.29) is 6.61 Å². The van der Waals surface area contributed by atoms with E-state index in [0.717, 1.165) is 45.6 Å². The maximum absolute atomic E-state index is 12.7. The summed E-state index contributed by atoms with van der Waals surface area (Å²) in [6.07, 6.45) is -10.3. The third-order valence-corrected chi connectivity index (χ3v) is 12.9. The highest BCUT2D eigenvalue weighted by atomic mass is 31.2. The van der Waals surface area contributed by atoms with Crippen LogP contribution in [0.4, 0.5) is 0 Å². The molecule has 0 saturated carbocycles. The number of aliphatic hydroxyl groups excluding tert-OH is 6. The monoisotopic (exact) mass is 730 g/mol. The van der Waals surface area contributed by atoms with Gasteiger partial charge < -0.3 is 73.1 Å². The average Bonchev–Trinajstić information content (AvgIpc) is 2.98. The topological polar surface area (TPSA) is 289 Å². The van der Waals surface area contributed by atoms with Gasteiger partial charge in [-0.05, 0) is 19.3 Å². The smallest absolute Gasteiger partial charge is 0.340 e. The summed E-state index contributed by atoms with van der Waals surface area (Å²) in [5.74, 6) is -1.30. The molecule has 2 aliphatic heterocycles. The van der Waals surface area contributed by atoms with Gasteiger partial charge in [0.15, 0.2) is 12.2 Å². The van der Waals surface area contributed by atoms with Gasteiger partial charge in [0, 0.05) is 7.11 Å². The minimum Gasteiger partial charge on any atom is -0.394 e. The molecule has 2 saturated heterocycles. The summed E-state index contributed by atoms with van der Waals surface area (Å²) < 4.78 is 67.1. The quantitative estimate of drug-likeness (QED) is 0.0419. The lowest BCUT2D eigenvalue weighted by Crippen LogP contribution is -2.64. The Morgan fingerprint density at radius 3 is 1.93 bits per heavy atom. The fourth-order valence-corrected chi connectivity index (χ4v) is 9.16. The molecule has 2 heterocycles. The van der Waals surface area contributed by atoms with Crippen LogP contribution in [-0.4, -0.2) is 146 Å². The first kappa shape index (κ1) is 42.0. The number of unbranched alkanes of at least 4 members (excludes halogenated alkanes) is 6. The number of allylic oxidation sites excluding steroid dienone is 1. The Morgan fingerprint density at radius 1 is 0.717 bits per heavy atom. The van der Waals surface area contributed by atoms with Crippen LogP contribution in [0.1, 0.15) is 44.9 Å². The second-order valence-electron chi connectivity index (χ2n) is 11.2. The van der Waals surface area contributed by atoms with Gasteiger partial charge in [-0.3, -0.25) is 13.7 Å². The maximum Gasteiger partial charge on any atom is 0.340 e. The van der Waals surface area contributed by atoms with Crippen molar-refractivity contribution < 1.29 is 86.8 Å². The Balaban J connectivity index is 1.97. The van der Waals surface area contributed by atoms with Gasteiger partial charge in [-0.1, -0.05) is 31.8 Å². The standard InChI is InChI=1S/C25H49O18P3/c1-3-4-5-6-7-8-9-10-11-39-44(32,33)14-18-20(28)22(30)24(16(12-26)41-18)43-25-23(31)21(29)19(27)17(42-25)13-40-46(36,37)15-45(34,35)38-2/h3,16-31H,1,4-15H2,2H3,(H,32,33)(H,34,35)(H,36,37)/t16-,17-,18-,19+,20-,21+,22-,23-,24-,25+/m1/s1. The zero-order valence-electron chi connectivity index (χ0n) is 25.6. The van der Waals surface area contributed by atoms with E-state index in [2.05, 4.69) is 11.1 Å².